The molecule has 26 heteroatoms. The molecule has 1 unspecified atom stereocenters. The van der Waals surface area contributed by atoms with Crippen molar-refractivity contribution in [3.8, 4) is 23.5 Å². The van der Waals surface area contributed by atoms with Crippen molar-refractivity contribution < 1.29 is 102 Å². The molecule has 0 bridgehead atoms. The van der Waals surface area contributed by atoms with Crippen LogP contribution < -0.4 is 57.9 Å². The minimum Gasteiger partial charge on any atom is -0.481 e. The molecule has 16 nitrogen and oxygen atoms in total. The van der Waals surface area contributed by atoms with E-state index in [-0.39, 0.29) is 72.9 Å². The number of nitrogens with one attached hydrogen (secondary N) is 2. The number of aliphatic hydroxyl groups excluding tert-OH is 1. The Morgan fingerprint density at radius 2 is 1.07 bits per heavy atom. The van der Waals surface area contributed by atoms with Crippen LogP contribution in [0.5, 0.6) is 23.5 Å². The number of benzene rings is 2. The summed E-state index contributed by atoms with van der Waals surface area (Å²) in [5, 5.41) is 10.4. The Morgan fingerprint density at radius 3 is 1.50 bits per heavy atom. The number of ether oxygens (including phenoxy) is 4. The van der Waals surface area contributed by atoms with E-state index in [4.69, 9.17) is 18.9 Å². The van der Waals surface area contributed by atoms with Crippen LogP contribution >= 0.6 is 0 Å². The topological polar surface area (TPSA) is 218 Å². The maximum Gasteiger partial charge on any atom is 1.00 e. The summed E-state index contributed by atoms with van der Waals surface area (Å²) >= 11 is 0. The molecule has 3 N–H and O–H groups in total. The molecule has 4 aromatic rings. The van der Waals surface area contributed by atoms with Gasteiger partial charge in [0.2, 0.25) is 35.1 Å². The molecule has 0 aliphatic rings. The van der Waals surface area contributed by atoms with Crippen molar-refractivity contribution in [2.45, 2.75) is 17.6 Å². The molecule has 1 atom stereocenters. The number of hydrogen-bond acceptors (Lipinski definition) is 14. The second-order valence-corrected chi connectivity index (χ2v) is 12.8. The zero-order valence-electron chi connectivity index (χ0n) is 28.4. The van der Waals surface area contributed by atoms with Crippen molar-refractivity contribution in [1.82, 2.24) is 19.9 Å². The molecule has 4 rings (SSSR count). The van der Waals surface area contributed by atoms with Crippen LogP contribution in [0, 0.1) is 11.6 Å². The molecule has 54 heavy (non-hydrogen) atoms. The van der Waals surface area contributed by atoms with Gasteiger partial charge in [-0.2, -0.15) is 37.5 Å². The Balaban J connectivity index is 0.000000521. The van der Waals surface area contributed by atoms with Crippen LogP contribution in [-0.4, -0.2) is 96.0 Å². The summed E-state index contributed by atoms with van der Waals surface area (Å²) in [6.45, 7) is 0. The van der Waals surface area contributed by atoms with Crippen molar-refractivity contribution in [2.75, 3.05) is 37.9 Å². The van der Waals surface area contributed by atoms with Crippen molar-refractivity contribution in [3.05, 3.63) is 82.9 Å². The van der Waals surface area contributed by atoms with E-state index in [9.17, 15) is 53.1 Å². The van der Waals surface area contributed by atoms with Gasteiger partial charge in [0.25, 0.3) is 20.0 Å². The standard InChI is InChI=1S/C14H14F3N3O5S.C14H12F3N3O5S.B.Na/c2*1-24-9-6-10(25-2)19-13(18-9)12(21)7-4-3-5-8(15)11(7)20-26(22,23)14(16)17;;/h3-6,12,14,20-21H,1-2H3;3-6,14,20H,1-2H3;;/q;;;+1. The number of alkyl halides is 4. The van der Waals surface area contributed by atoms with E-state index < -0.39 is 77.8 Å². The van der Waals surface area contributed by atoms with Crippen molar-refractivity contribution >= 4 is 45.6 Å². The third kappa shape index (κ3) is 11.8. The number of halogens is 6. The van der Waals surface area contributed by atoms with Gasteiger partial charge in [0.05, 0.1) is 57.5 Å². The van der Waals surface area contributed by atoms with E-state index in [0.29, 0.717) is 0 Å². The minimum atomic E-state index is -5.20. The fraction of sp³-hybridized carbons (Fsp3) is 0.250. The summed E-state index contributed by atoms with van der Waals surface area (Å²) in [5.74, 6) is -11.9. The monoisotopic (exact) mass is 818 g/mol. The number of ketones is 1. The van der Waals surface area contributed by atoms with E-state index in [0.717, 1.165) is 36.4 Å². The molecule has 0 aliphatic carbocycles. The number of methoxy groups -OCH3 is 4. The molecule has 285 valence electrons. The normalized spacial score (nSPS) is 11.6. The Morgan fingerprint density at radius 1 is 0.685 bits per heavy atom. The van der Waals surface area contributed by atoms with Gasteiger partial charge >= 0.3 is 41.1 Å². The number of carbonyl (C=O) groups is 1. The van der Waals surface area contributed by atoms with Gasteiger partial charge in [0.1, 0.15) is 17.7 Å². The molecular formula is C28H26BF6N6NaO10S2+. The van der Waals surface area contributed by atoms with Gasteiger partial charge in [-0.15, -0.1) is 0 Å². The maximum atomic E-state index is 14.0. The summed E-state index contributed by atoms with van der Waals surface area (Å²) < 4.78 is 146. The molecule has 2 aromatic carbocycles. The van der Waals surface area contributed by atoms with Gasteiger partial charge in [0, 0.05) is 14.0 Å². The largest absolute Gasteiger partial charge is 1.00 e. The van der Waals surface area contributed by atoms with Gasteiger partial charge in [-0.05, 0) is 18.2 Å². The van der Waals surface area contributed by atoms with Crippen molar-refractivity contribution in [1.29, 1.82) is 0 Å². The Labute approximate surface area is 327 Å². The first-order valence-electron chi connectivity index (χ1n) is 13.7. The van der Waals surface area contributed by atoms with Gasteiger partial charge in [-0.25, -0.2) is 25.6 Å². The number of rotatable bonds is 14. The van der Waals surface area contributed by atoms with Crippen LogP contribution in [0.3, 0.4) is 0 Å². The van der Waals surface area contributed by atoms with E-state index >= 15 is 0 Å². The summed E-state index contributed by atoms with van der Waals surface area (Å²) in [6.07, 6.45) is -1.76. The Hall–Kier alpha value is -4.43. The second kappa shape index (κ2) is 20.3. The average Bonchev–Trinajstić information content (AvgIpc) is 3.12. The fourth-order valence-corrected chi connectivity index (χ4v) is 4.96. The maximum absolute atomic E-state index is 14.0. The molecule has 0 saturated carbocycles. The number of para-hydroxylation sites is 2. The predicted octanol–water partition coefficient (Wildman–Crippen LogP) is 0.130. The summed E-state index contributed by atoms with van der Waals surface area (Å²) in [7, 11) is -5.25. The molecule has 0 amide bonds. The third-order valence-corrected chi connectivity index (χ3v) is 8.13. The second-order valence-electron chi connectivity index (χ2n) is 9.50. The quantitative estimate of drug-likeness (QED) is 0.0876. The van der Waals surface area contributed by atoms with E-state index in [2.05, 4.69) is 19.9 Å². The van der Waals surface area contributed by atoms with E-state index in [1.807, 2.05) is 0 Å². The number of nitrogens with zero attached hydrogens (tertiary/aromatic N) is 4. The minimum absolute atomic E-state index is 0. The molecule has 2 heterocycles. The molecule has 0 saturated heterocycles. The van der Waals surface area contributed by atoms with Crippen LogP contribution in [0.15, 0.2) is 48.5 Å². The Kier molecular flexibility index (Phi) is 17.9. The number of anilines is 2. The zero-order chi connectivity index (χ0) is 39.0. The number of aliphatic hydroxyl groups is 1. The summed E-state index contributed by atoms with van der Waals surface area (Å²) in [4.78, 5) is 27.9. The van der Waals surface area contributed by atoms with E-state index in [1.54, 1.807) is 0 Å². The molecule has 0 spiro atoms. The van der Waals surface area contributed by atoms with E-state index in [1.165, 1.54) is 50.0 Å². The van der Waals surface area contributed by atoms with Gasteiger partial charge in [-0.3, -0.25) is 14.2 Å². The SMILES string of the molecule is COc1cc(OC)nc(C(=O)c2cccc(F)c2NS(=O)(=O)C(F)F)n1.COc1cc(OC)nc(C(O)c2cccc(F)c2NS(=O)(=O)C(F)F)n1.[B].[Na+]. The number of hydrogen-bond donors (Lipinski definition) is 3. The fourth-order valence-electron chi connectivity index (χ4n) is 3.79. The van der Waals surface area contributed by atoms with Crippen LogP contribution in [0.4, 0.5) is 37.7 Å². The van der Waals surface area contributed by atoms with Crippen LogP contribution in [-0.2, 0) is 20.0 Å². The van der Waals surface area contributed by atoms with Crippen LogP contribution in [0.1, 0.15) is 33.7 Å². The summed E-state index contributed by atoms with van der Waals surface area (Å²) in [6, 6.07) is 8.63. The van der Waals surface area contributed by atoms with Gasteiger partial charge in [0.15, 0.2) is 5.82 Å². The first-order chi connectivity index (χ1) is 24.4. The third-order valence-electron chi connectivity index (χ3n) is 6.22. The first-order valence-corrected chi connectivity index (χ1v) is 16.8. The van der Waals surface area contributed by atoms with Crippen molar-refractivity contribution in [2.24, 2.45) is 0 Å². The van der Waals surface area contributed by atoms with Crippen LogP contribution in [0.25, 0.3) is 0 Å². The van der Waals surface area contributed by atoms with Gasteiger partial charge < -0.3 is 24.1 Å². The van der Waals surface area contributed by atoms with Gasteiger partial charge in [-0.1, -0.05) is 18.2 Å². The molecule has 3 radical (unpaired) electrons. The Bertz CT molecular complexity index is 2100. The first kappa shape index (κ1) is 47.6. The summed E-state index contributed by atoms with van der Waals surface area (Å²) in [5.41, 5.74) is -2.72. The zero-order valence-corrected chi connectivity index (χ0v) is 32.1. The number of carbonyl (C=O) groups excluding carboxylic acids is 1. The molecule has 0 fully saturated rings. The smallest absolute Gasteiger partial charge is 0.481 e. The number of aromatic nitrogens is 4. The van der Waals surface area contributed by atoms with Crippen molar-refractivity contribution in [3.63, 3.8) is 0 Å². The predicted molar refractivity (Wildman–Crippen MR) is 173 cm³/mol. The average molecular weight is 818 g/mol. The molecular weight excluding hydrogens is 792 g/mol. The van der Waals surface area contributed by atoms with Crippen LogP contribution in [0.2, 0.25) is 0 Å². The molecule has 2 aromatic heterocycles. The number of sulfonamides is 2. The molecule has 0 aliphatic heterocycles.